The van der Waals surface area contributed by atoms with Gasteiger partial charge in [0, 0.05) is 18.4 Å². The van der Waals surface area contributed by atoms with E-state index in [0.29, 0.717) is 6.04 Å². The number of nitrogens with one attached hydrogen (secondary N) is 1. The van der Waals surface area contributed by atoms with Gasteiger partial charge in [-0.3, -0.25) is 16.3 Å². The molecule has 106 valence electrons. The highest BCUT2D eigenvalue weighted by Gasteiger charge is 2.29. The molecule has 2 rings (SSSR count). The second kappa shape index (κ2) is 7.01. The van der Waals surface area contributed by atoms with Crippen LogP contribution in [0.4, 0.5) is 0 Å². The van der Waals surface area contributed by atoms with Crippen molar-refractivity contribution in [2.75, 3.05) is 0 Å². The van der Waals surface area contributed by atoms with Crippen molar-refractivity contribution in [1.82, 2.24) is 10.4 Å². The summed E-state index contributed by atoms with van der Waals surface area (Å²) in [5, 5.41) is 0. The third kappa shape index (κ3) is 4.02. The smallest absolute Gasteiger partial charge is 0.0270 e. The lowest BCUT2D eigenvalue weighted by Crippen LogP contribution is -2.43. The van der Waals surface area contributed by atoms with E-state index >= 15 is 0 Å². The van der Waals surface area contributed by atoms with Crippen molar-refractivity contribution in [3.05, 3.63) is 30.1 Å². The molecule has 0 saturated heterocycles. The highest BCUT2D eigenvalue weighted by Crippen LogP contribution is 2.35. The third-order valence-electron chi connectivity index (χ3n) is 4.92. The quantitative estimate of drug-likeness (QED) is 0.633. The summed E-state index contributed by atoms with van der Waals surface area (Å²) in [7, 11) is 0. The van der Waals surface area contributed by atoms with Gasteiger partial charge in [0.1, 0.15) is 0 Å². The van der Waals surface area contributed by atoms with Gasteiger partial charge in [-0.15, -0.1) is 0 Å². The molecule has 0 spiro atoms. The Balaban J connectivity index is 1.86. The van der Waals surface area contributed by atoms with Crippen molar-refractivity contribution in [3.63, 3.8) is 0 Å². The van der Waals surface area contributed by atoms with Gasteiger partial charge in [-0.1, -0.05) is 20.3 Å². The molecule has 1 heterocycles. The zero-order valence-corrected chi connectivity index (χ0v) is 12.2. The SMILES string of the molecule is CC1CCC(C(CCc2ccncc2)NN)CC1C. The molecule has 19 heavy (non-hydrogen) atoms. The lowest BCUT2D eigenvalue weighted by Gasteiger charge is -2.36. The maximum Gasteiger partial charge on any atom is 0.0270 e. The molecular weight excluding hydrogens is 234 g/mol. The predicted molar refractivity (Wildman–Crippen MR) is 79.3 cm³/mol. The van der Waals surface area contributed by atoms with Crippen LogP contribution in [0.2, 0.25) is 0 Å². The van der Waals surface area contributed by atoms with E-state index in [9.17, 15) is 0 Å². The summed E-state index contributed by atoms with van der Waals surface area (Å²) in [4.78, 5) is 4.06. The van der Waals surface area contributed by atoms with Crippen LogP contribution < -0.4 is 11.3 Å². The summed E-state index contributed by atoms with van der Waals surface area (Å²) < 4.78 is 0. The van der Waals surface area contributed by atoms with E-state index in [-0.39, 0.29) is 0 Å². The lowest BCUT2D eigenvalue weighted by molar-refractivity contribution is 0.166. The standard InChI is InChI=1S/C16H27N3/c1-12-3-5-15(11-13(12)2)16(19-17)6-4-14-7-9-18-10-8-14/h7-10,12-13,15-16,19H,3-6,11,17H2,1-2H3. The van der Waals surface area contributed by atoms with Crippen LogP contribution in [0.5, 0.6) is 0 Å². The molecule has 4 unspecified atom stereocenters. The monoisotopic (exact) mass is 261 g/mol. The molecule has 1 aromatic rings. The molecule has 1 fully saturated rings. The van der Waals surface area contributed by atoms with Crippen LogP contribution in [0.15, 0.2) is 24.5 Å². The Labute approximate surface area is 117 Å². The van der Waals surface area contributed by atoms with Crippen molar-refractivity contribution in [2.45, 2.75) is 52.0 Å². The summed E-state index contributed by atoms with van der Waals surface area (Å²) in [6.07, 6.45) is 9.90. The molecule has 0 radical (unpaired) electrons. The van der Waals surface area contributed by atoms with Crippen LogP contribution in [0, 0.1) is 17.8 Å². The molecule has 1 aliphatic carbocycles. The largest absolute Gasteiger partial charge is 0.271 e. The molecular formula is C16H27N3. The Kier molecular flexibility index (Phi) is 5.34. The van der Waals surface area contributed by atoms with Crippen molar-refractivity contribution in [1.29, 1.82) is 0 Å². The number of rotatable bonds is 5. The average Bonchev–Trinajstić information content (AvgIpc) is 2.44. The minimum absolute atomic E-state index is 0.447. The molecule has 1 saturated carbocycles. The summed E-state index contributed by atoms with van der Waals surface area (Å²) >= 11 is 0. The summed E-state index contributed by atoms with van der Waals surface area (Å²) in [6.45, 7) is 4.76. The number of hydrazine groups is 1. The highest BCUT2D eigenvalue weighted by molar-refractivity contribution is 5.10. The van der Waals surface area contributed by atoms with Crippen LogP contribution >= 0.6 is 0 Å². The van der Waals surface area contributed by atoms with Crippen LogP contribution in [-0.4, -0.2) is 11.0 Å². The third-order valence-corrected chi connectivity index (χ3v) is 4.92. The van der Waals surface area contributed by atoms with Gasteiger partial charge in [-0.25, -0.2) is 0 Å². The van der Waals surface area contributed by atoms with Crippen molar-refractivity contribution in [2.24, 2.45) is 23.6 Å². The summed E-state index contributed by atoms with van der Waals surface area (Å²) in [6, 6.07) is 4.64. The van der Waals surface area contributed by atoms with Gasteiger partial charge in [0.2, 0.25) is 0 Å². The number of nitrogens with zero attached hydrogens (tertiary/aromatic N) is 1. The molecule has 0 bridgehead atoms. The van der Waals surface area contributed by atoms with E-state index in [1.54, 1.807) is 0 Å². The zero-order chi connectivity index (χ0) is 13.7. The van der Waals surface area contributed by atoms with E-state index in [1.165, 1.54) is 24.8 Å². The molecule has 3 N–H and O–H groups in total. The van der Waals surface area contributed by atoms with E-state index < -0.39 is 0 Å². The zero-order valence-electron chi connectivity index (χ0n) is 12.2. The minimum atomic E-state index is 0.447. The van der Waals surface area contributed by atoms with Gasteiger partial charge in [-0.05, 0) is 61.1 Å². The van der Waals surface area contributed by atoms with E-state index in [2.05, 4.69) is 36.4 Å². The second-order valence-corrected chi connectivity index (χ2v) is 6.19. The van der Waals surface area contributed by atoms with E-state index in [1.807, 2.05) is 12.4 Å². The maximum absolute atomic E-state index is 5.79. The normalized spacial score (nSPS) is 29.1. The fraction of sp³-hybridized carbons (Fsp3) is 0.688. The highest BCUT2D eigenvalue weighted by atomic mass is 15.2. The predicted octanol–water partition coefficient (Wildman–Crippen LogP) is 2.92. The van der Waals surface area contributed by atoms with Gasteiger partial charge in [0.25, 0.3) is 0 Å². The first-order chi connectivity index (χ1) is 9.20. The van der Waals surface area contributed by atoms with Crippen molar-refractivity contribution in [3.8, 4) is 0 Å². The Morgan fingerprint density at radius 1 is 1.26 bits per heavy atom. The van der Waals surface area contributed by atoms with Gasteiger partial charge in [0.15, 0.2) is 0 Å². The number of hydrogen-bond donors (Lipinski definition) is 2. The van der Waals surface area contributed by atoms with Gasteiger partial charge in [0.05, 0.1) is 0 Å². The first-order valence-electron chi connectivity index (χ1n) is 7.55. The van der Waals surface area contributed by atoms with Gasteiger partial charge < -0.3 is 0 Å². The second-order valence-electron chi connectivity index (χ2n) is 6.19. The van der Waals surface area contributed by atoms with E-state index in [0.717, 1.165) is 30.6 Å². The number of aromatic nitrogens is 1. The molecule has 1 aliphatic rings. The van der Waals surface area contributed by atoms with Crippen molar-refractivity contribution >= 4 is 0 Å². The average molecular weight is 261 g/mol. The molecule has 0 amide bonds. The summed E-state index contributed by atoms with van der Waals surface area (Å²) in [5.41, 5.74) is 4.42. The van der Waals surface area contributed by atoms with Crippen molar-refractivity contribution < 1.29 is 0 Å². The maximum atomic E-state index is 5.79. The molecule has 0 aromatic carbocycles. The van der Waals surface area contributed by atoms with Crippen LogP contribution in [0.25, 0.3) is 0 Å². The molecule has 0 aliphatic heterocycles. The topological polar surface area (TPSA) is 50.9 Å². The number of hydrogen-bond acceptors (Lipinski definition) is 3. The number of nitrogens with two attached hydrogens (primary N) is 1. The number of aryl methyl sites for hydroxylation is 1. The summed E-state index contributed by atoms with van der Waals surface area (Å²) in [5.74, 6) is 8.22. The first kappa shape index (κ1) is 14.5. The van der Waals surface area contributed by atoms with Gasteiger partial charge in [-0.2, -0.15) is 0 Å². The molecule has 3 nitrogen and oxygen atoms in total. The molecule has 3 heteroatoms. The molecule has 1 aromatic heterocycles. The first-order valence-corrected chi connectivity index (χ1v) is 7.55. The van der Waals surface area contributed by atoms with Crippen LogP contribution in [0.1, 0.15) is 45.1 Å². The fourth-order valence-corrected chi connectivity index (χ4v) is 3.28. The van der Waals surface area contributed by atoms with Crippen LogP contribution in [-0.2, 0) is 6.42 Å². The minimum Gasteiger partial charge on any atom is -0.271 e. The van der Waals surface area contributed by atoms with Crippen LogP contribution in [0.3, 0.4) is 0 Å². The Morgan fingerprint density at radius 2 is 2.00 bits per heavy atom. The molecule has 4 atom stereocenters. The van der Waals surface area contributed by atoms with Gasteiger partial charge >= 0.3 is 0 Å². The Hall–Kier alpha value is -0.930. The van der Waals surface area contributed by atoms with E-state index in [4.69, 9.17) is 5.84 Å². The fourth-order valence-electron chi connectivity index (χ4n) is 3.28. The number of pyridine rings is 1. The Bertz CT molecular complexity index is 366. The lowest BCUT2D eigenvalue weighted by atomic mass is 9.72. The Morgan fingerprint density at radius 3 is 2.63 bits per heavy atom.